The van der Waals surface area contributed by atoms with E-state index >= 15 is 0 Å². The van der Waals surface area contributed by atoms with Crippen LogP contribution in [0.15, 0.2) is 36.5 Å². The van der Waals surface area contributed by atoms with Gasteiger partial charge in [0.25, 0.3) is 0 Å². The maximum atomic E-state index is 12.3. The van der Waals surface area contributed by atoms with E-state index in [9.17, 15) is 9.59 Å². The van der Waals surface area contributed by atoms with E-state index in [0.717, 1.165) is 17.3 Å². The number of benzene rings is 1. The second-order valence-electron chi connectivity index (χ2n) is 6.70. The zero-order valence-corrected chi connectivity index (χ0v) is 14.4. The molecule has 7 heteroatoms. The molecule has 0 unspecified atom stereocenters. The maximum absolute atomic E-state index is 12.3. The number of rotatable bonds is 5. The quantitative estimate of drug-likeness (QED) is 0.876. The summed E-state index contributed by atoms with van der Waals surface area (Å²) in [6.07, 6.45) is 2.20. The fourth-order valence-corrected chi connectivity index (χ4v) is 3.57. The molecule has 2 atom stereocenters. The molecule has 3 heterocycles. The molecule has 0 radical (unpaired) electrons. The molecule has 2 aromatic rings. The van der Waals surface area contributed by atoms with Crippen molar-refractivity contribution in [3.05, 3.63) is 42.1 Å². The lowest BCUT2D eigenvalue weighted by Gasteiger charge is -2.21. The molecule has 2 fully saturated rings. The van der Waals surface area contributed by atoms with E-state index in [1.807, 2.05) is 30.5 Å². The summed E-state index contributed by atoms with van der Waals surface area (Å²) in [6, 6.07) is 10.0. The molecule has 1 N–H and O–H groups in total. The van der Waals surface area contributed by atoms with Gasteiger partial charge in [0.15, 0.2) is 0 Å². The van der Waals surface area contributed by atoms with Crippen molar-refractivity contribution in [3.8, 4) is 0 Å². The normalized spacial score (nSPS) is 22.6. The minimum atomic E-state index is -0.428. The van der Waals surface area contributed by atoms with Crippen molar-refractivity contribution in [2.45, 2.75) is 12.5 Å². The van der Waals surface area contributed by atoms with Crippen LogP contribution in [0, 0.1) is 5.92 Å². The number of ether oxygens (including phenoxy) is 2. The van der Waals surface area contributed by atoms with E-state index in [4.69, 9.17) is 9.47 Å². The van der Waals surface area contributed by atoms with Gasteiger partial charge in [-0.25, -0.2) is 4.79 Å². The van der Waals surface area contributed by atoms with Crippen LogP contribution in [0.5, 0.6) is 0 Å². The van der Waals surface area contributed by atoms with Crippen LogP contribution in [0.3, 0.4) is 0 Å². The van der Waals surface area contributed by atoms with Gasteiger partial charge in [-0.1, -0.05) is 18.2 Å². The Morgan fingerprint density at radius 1 is 1.27 bits per heavy atom. The third-order valence-electron chi connectivity index (χ3n) is 4.95. The lowest BCUT2D eigenvalue weighted by molar-refractivity contribution is -0.122. The third-order valence-corrected chi connectivity index (χ3v) is 4.95. The van der Waals surface area contributed by atoms with E-state index in [0.29, 0.717) is 26.4 Å². The molecule has 0 saturated carbocycles. The maximum Gasteiger partial charge on any atom is 0.410 e. The first-order chi connectivity index (χ1) is 12.7. The number of hydrogen-bond acceptors (Lipinski definition) is 5. The number of carbonyl (C=O) groups is 2. The summed E-state index contributed by atoms with van der Waals surface area (Å²) in [6.45, 7) is 1.92. The second-order valence-corrected chi connectivity index (χ2v) is 6.70. The van der Waals surface area contributed by atoms with E-state index in [1.54, 1.807) is 0 Å². The topological polar surface area (TPSA) is 80.8 Å². The molecule has 2 aliphatic rings. The van der Waals surface area contributed by atoms with Crippen molar-refractivity contribution in [2.24, 2.45) is 5.92 Å². The van der Waals surface area contributed by atoms with Crippen molar-refractivity contribution >= 4 is 22.9 Å². The monoisotopic (exact) mass is 355 g/mol. The SMILES string of the molecule is O=C(CN1CCOC1=O)N[C@H]1COC[C@H]1Cc1ccnc2ccccc12. The lowest BCUT2D eigenvalue weighted by Crippen LogP contribution is -2.45. The Labute approximate surface area is 151 Å². The highest BCUT2D eigenvalue weighted by atomic mass is 16.6. The number of nitrogens with one attached hydrogen (secondary N) is 1. The number of hydrogen-bond donors (Lipinski definition) is 1. The Hall–Kier alpha value is -2.67. The molecular formula is C19H21N3O4. The van der Waals surface area contributed by atoms with Gasteiger partial charge in [-0.3, -0.25) is 14.7 Å². The van der Waals surface area contributed by atoms with Crippen LogP contribution in [-0.2, 0) is 20.7 Å². The number of amides is 2. The molecule has 136 valence electrons. The first kappa shape index (κ1) is 16.8. The smallest absolute Gasteiger partial charge is 0.410 e. The third kappa shape index (κ3) is 3.48. The molecule has 2 saturated heterocycles. The first-order valence-electron chi connectivity index (χ1n) is 8.82. The van der Waals surface area contributed by atoms with Crippen molar-refractivity contribution in [2.75, 3.05) is 32.9 Å². The summed E-state index contributed by atoms with van der Waals surface area (Å²) in [7, 11) is 0. The summed E-state index contributed by atoms with van der Waals surface area (Å²) < 4.78 is 10.5. The molecule has 0 bridgehead atoms. The van der Waals surface area contributed by atoms with Gasteiger partial charge in [-0.15, -0.1) is 0 Å². The molecule has 0 spiro atoms. The molecular weight excluding hydrogens is 334 g/mol. The van der Waals surface area contributed by atoms with Gasteiger partial charge in [-0.2, -0.15) is 0 Å². The van der Waals surface area contributed by atoms with E-state index in [2.05, 4.69) is 16.4 Å². The fraction of sp³-hybridized carbons (Fsp3) is 0.421. The van der Waals surface area contributed by atoms with Crippen LogP contribution < -0.4 is 5.32 Å². The molecule has 4 rings (SSSR count). The molecule has 26 heavy (non-hydrogen) atoms. The molecule has 2 amide bonds. The van der Waals surface area contributed by atoms with Gasteiger partial charge in [0.05, 0.1) is 31.3 Å². The Bertz CT molecular complexity index is 820. The Balaban J connectivity index is 1.41. The summed E-state index contributed by atoms with van der Waals surface area (Å²) in [4.78, 5) is 29.6. The molecule has 1 aromatic carbocycles. The zero-order chi connectivity index (χ0) is 17.9. The van der Waals surface area contributed by atoms with Crippen LogP contribution in [0.4, 0.5) is 4.79 Å². The minimum absolute atomic E-state index is 0.0280. The highest BCUT2D eigenvalue weighted by Gasteiger charge is 2.31. The van der Waals surface area contributed by atoms with Gasteiger partial charge >= 0.3 is 6.09 Å². The van der Waals surface area contributed by atoms with Crippen LogP contribution in [-0.4, -0.2) is 60.8 Å². The highest BCUT2D eigenvalue weighted by molar-refractivity contribution is 5.83. The van der Waals surface area contributed by atoms with Crippen LogP contribution >= 0.6 is 0 Å². The van der Waals surface area contributed by atoms with Crippen LogP contribution in [0.2, 0.25) is 0 Å². The van der Waals surface area contributed by atoms with E-state index < -0.39 is 6.09 Å². The van der Waals surface area contributed by atoms with Crippen LogP contribution in [0.1, 0.15) is 5.56 Å². The lowest BCUT2D eigenvalue weighted by atomic mass is 9.93. The van der Waals surface area contributed by atoms with Crippen molar-refractivity contribution in [1.82, 2.24) is 15.2 Å². The zero-order valence-electron chi connectivity index (χ0n) is 14.4. The molecule has 1 aromatic heterocycles. The Kier molecular flexibility index (Phi) is 4.71. The number of carbonyl (C=O) groups excluding carboxylic acids is 2. The standard InChI is InChI=1S/C19H21N3O4/c23-18(10-22-7-8-26-19(22)24)21-17-12-25-11-14(17)9-13-5-6-20-16-4-2-1-3-15(13)16/h1-6,14,17H,7-12H2,(H,21,23)/t14-,17+/m1/s1. The Morgan fingerprint density at radius 2 is 2.15 bits per heavy atom. The van der Waals surface area contributed by atoms with E-state index in [1.165, 1.54) is 10.5 Å². The minimum Gasteiger partial charge on any atom is -0.448 e. The van der Waals surface area contributed by atoms with Crippen molar-refractivity contribution in [3.63, 3.8) is 0 Å². The average Bonchev–Trinajstić information content (AvgIpc) is 3.25. The first-order valence-corrected chi connectivity index (χ1v) is 8.82. The summed E-state index contributed by atoms with van der Waals surface area (Å²) >= 11 is 0. The van der Waals surface area contributed by atoms with Crippen LogP contribution in [0.25, 0.3) is 10.9 Å². The van der Waals surface area contributed by atoms with Crippen molar-refractivity contribution < 1.29 is 19.1 Å². The number of aromatic nitrogens is 1. The molecule has 2 aliphatic heterocycles. The van der Waals surface area contributed by atoms with Gasteiger partial charge < -0.3 is 14.8 Å². The Morgan fingerprint density at radius 3 is 3.00 bits per heavy atom. The van der Waals surface area contributed by atoms with E-state index in [-0.39, 0.29) is 24.4 Å². The fourth-order valence-electron chi connectivity index (χ4n) is 3.57. The number of pyridine rings is 1. The van der Waals surface area contributed by atoms with Crippen molar-refractivity contribution in [1.29, 1.82) is 0 Å². The molecule has 7 nitrogen and oxygen atoms in total. The number of nitrogens with zero attached hydrogens (tertiary/aromatic N) is 2. The largest absolute Gasteiger partial charge is 0.448 e. The summed E-state index contributed by atoms with van der Waals surface area (Å²) in [5.41, 5.74) is 2.17. The second kappa shape index (κ2) is 7.29. The number of fused-ring (bicyclic) bond motifs is 1. The van der Waals surface area contributed by atoms with Gasteiger partial charge in [0.2, 0.25) is 5.91 Å². The van der Waals surface area contributed by atoms with Gasteiger partial charge in [-0.05, 0) is 24.1 Å². The highest BCUT2D eigenvalue weighted by Crippen LogP contribution is 2.24. The predicted molar refractivity (Wildman–Crippen MR) is 94.6 cm³/mol. The molecule has 0 aliphatic carbocycles. The summed E-state index contributed by atoms with van der Waals surface area (Å²) in [5, 5.41) is 4.15. The predicted octanol–water partition coefficient (Wildman–Crippen LogP) is 1.36. The summed E-state index contributed by atoms with van der Waals surface area (Å²) in [5.74, 6) is 0.0132. The van der Waals surface area contributed by atoms with Gasteiger partial charge in [0.1, 0.15) is 13.2 Å². The van der Waals surface area contributed by atoms with Gasteiger partial charge in [0, 0.05) is 17.5 Å². The number of cyclic esters (lactones) is 1. The number of para-hydroxylation sites is 1. The average molecular weight is 355 g/mol.